The Morgan fingerprint density at radius 3 is 2.30 bits per heavy atom. The third-order valence-corrected chi connectivity index (χ3v) is 3.85. The van der Waals surface area contributed by atoms with Gasteiger partial charge < -0.3 is 25.2 Å². The van der Waals surface area contributed by atoms with E-state index in [4.69, 9.17) is 4.74 Å². The number of rotatable bonds is 11. The van der Waals surface area contributed by atoms with Crippen LogP contribution in [0.15, 0.2) is 35.3 Å². The van der Waals surface area contributed by atoms with Gasteiger partial charge in [-0.15, -0.1) is 24.0 Å². The molecule has 0 aliphatic rings. The molecule has 8 heteroatoms. The number of amides is 1. The molecule has 1 amide bonds. The fourth-order valence-electron chi connectivity index (χ4n) is 2.22. The first-order chi connectivity index (χ1) is 12.5. The lowest BCUT2D eigenvalue weighted by Crippen LogP contribution is -2.40. The molecule has 0 bridgehead atoms. The van der Waals surface area contributed by atoms with E-state index in [0.29, 0.717) is 12.6 Å². The number of benzene rings is 1. The van der Waals surface area contributed by atoms with E-state index >= 15 is 0 Å². The molecule has 154 valence electrons. The highest BCUT2D eigenvalue weighted by Crippen LogP contribution is 2.10. The van der Waals surface area contributed by atoms with Crippen LogP contribution >= 0.6 is 24.0 Å². The number of para-hydroxylation sites is 1. The standard InChI is InChI=1S/C19H33N5O2.HI/c1-23(2)18(25)16-22-19(21-13-9-15-26-4)20-12-8-14-24(3)17-10-6-5-7-11-17;/h5-7,10-11H,8-9,12-16H2,1-4H3,(H2,20,21,22);1H. The lowest BCUT2D eigenvalue weighted by Gasteiger charge is -2.20. The fraction of sp³-hybridized carbons (Fsp3) is 0.579. The smallest absolute Gasteiger partial charge is 0.243 e. The summed E-state index contributed by atoms with van der Waals surface area (Å²) in [5.41, 5.74) is 1.20. The summed E-state index contributed by atoms with van der Waals surface area (Å²) in [5.74, 6) is 0.644. The van der Waals surface area contributed by atoms with E-state index in [1.807, 2.05) is 18.2 Å². The van der Waals surface area contributed by atoms with Crippen LogP contribution in [0.4, 0.5) is 5.69 Å². The first-order valence-corrected chi connectivity index (χ1v) is 9.02. The molecule has 0 fully saturated rings. The van der Waals surface area contributed by atoms with Crippen LogP contribution in [-0.2, 0) is 9.53 Å². The zero-order chi connectivity index (χ0) is 19.2. The lowest BCUT2D eigenvalue weighted by atomic mass is 10.3. The van der Waals surface area contributed by atoms with Gasteiger partial charge in [0.05, 0.1) is 0 Å². The Morgan fingerprint density at radius 2 is 1.70 bits per heavy atom. The summed E-state index contributed by atoms with van der Waals surface area (Å²) in [6, 6.07) is 10.3. The van der Waals surface area contributed by atoms with Crippen LogP contribution < -0.4 is 15.5 Å². The summed E-state index contributed by atoms with van der Waals surface area (Å²) in [7, 11) is 7.24. The van der Waals surface area contributed by atoms with Gasteiger partial charge in [0.25, 0.3) is 0 Å². The SMILES string of the molecule is COCCCNC(=NCC(=O)N(C)C)NCCCN(C)c1ccccc1.I. The van der Waals surface area contributed by atoms with Gasteiger partial charge in [0, 0.05) is 60.2 Å². The maximum Gasteiger partial charge on any atom is 0.243 e. The Morgan fingerprint density at radius 1 is 1.07 bits per heavy atom. The molecule has 0 saturated carbocycles. The van der Waals surface area contributed by atoms with Crippen LogP contribution in [0, 0.1) is 0 Å². The monoisotopic (exact) mass is 491 g/mol. The lowest BCUT2D eigenvalue weighted by molar-refractivity contribution is -0.127. The van der Waals surface area contributed by atoms with Crippen LogP contribution in [0.5, 0.6) is 0 Å². The van der Waals surface area contributed by atoms with Crippen molar-refractivity contribution in [1.82, 2.24) is 15.5 Å². The minimum Gasteiger partial charge on any atom is -0.385 e. The van der Waals surface area contributed by atoms with Gasteiger partial charge in [0.1, 0.15) is 6.54 Å². The van der Waals surface area contributed by atoms with Crippen molar-refractivity contribution in [2.45, 2.75) is 12.8 Å². The normalized spacial score (nSPS) is 10.7. The van der Waals surface area contributed by atoms with Crippen molar-refractivity contribution in [2.24, 2.45) is 4.99 Å². The number of hydrogen-bond acceptors (Lipinski definition) is 4. The second-order valence-electron chi connectivity index (χ2n) is 6.26. The number of hydrogen-bond donors (Lipinski definition) is 2. The summed E-state index contributed by atoms with van der Waals surface area (Å²) in [4.78, 5) is 19.9. The van der Waals surface area contributed by atoms with Crippen molar-refractivity contribution in [2.75, 3.05) is 65.9 Å². The third kappa shape index (κ3) is 11.7. The van der Waals surface area contributed by atoms with Gasteiger partial charge in [-0.05, 0) is 25.0 Å². The van der Waals surface area contributed by atoms with E-state index in [9.17, 15) is 4.79 Å². The zero-order valence-electron chi connectivity index (χ0n) is 16.9. The van der Waals surface area contributed by atoms with Crippen molar-refractivity contribution >= 4 is 41.5 Å². The quantitative estimate of drug-likeness (QED) is 0.214. The number of guanidine groups is 1. The number of carbonyl (C=O) groups is 1. The average Bonchev–Trinajstić information content (AvgIpc) is 2.65. The number of nitrogens with zero attached hydrogens (tertiary/aromatic N) is 3. The van der Waals surface area contributed by atoms with Crippen molar-refractivity contribution in [3.63, 3.8) is 0 Å². The summed E-state index contributed by atoms with van der Waals surface area (Å²) >= 11 is 0. The molecule has 0 unspecified atom stereocenters. The Bertz CT molecular complexity index is 540. The topological polar surface area (TPSA) is 69.2 Å². The maximum atomic E-state index is 11.7. The molecular weight excluding hydrogens is 457 g/mol. The molecule has 1 rings (SSSR count). The van der Waals surface area contributed by atoms with Gasteiger partial charge in [-0.3, -0.25) is 4.79 Å². The molecule has 0 aliphatic carbocycles. The van der Waals surface area contributed by atoms with Crippen molar-refractivity contribution in [3.05, 3.63) is 30.3 Å². The van der Waals surface area contributed by atoms with Gasteiger partial charge in [0.15, 0.2) is 5.96 Å². The van der Waals surface area contributed by atoms with E-state index in [0.717, 1.165) is 32.5 Å². The zero-order valence-corrected chi connectivity index (χ0v) is 19.2. The largest absolute Gasteiger partial charge is 0.385 e. The molecule has 7 nitrogen and oxygen atoms in total. The molecule has 0 radical (unpaired) electrons. The molecule has 27 heavy (non-hydrogen) atoms. The molecule has 1 aromatic carbocycles. The summed E-state index contributed by atoms with van der Waals surface area (Å²) < 4.78 is 5.05. The number of nitrogens with one attached hydrogen (secondary N) is 2. The molecule has 0 heterocycles. The first-order valence-electron chi connectivity index (χ1n) is 9.02. The number of halogens is 1. The van der Waals surface area contributed by atoms with Crippen molar-refractivity contribution in [1.29, 1.82) is 0 Å². The van der Waals surface area contributed by atoms with E-state index in [1.165, 1.54) is 5.69 Å². The van der Waals surface area contributed by atoms with Crippen LogP contribution in [0.3, 0.4) is 0 Å². The van der Waals surface area contributed by atoms with Crippen LogP contribution in [0.1, 0.15) is 12.8 Å². The van der Waals surface area contributed by atoms with Gasteiger partial charge in [0.2, 0.25) is 5.91 Å². The van der Waals surface area contributed by atoms with E-state index in [1.54, 1.807) is 26.1 Å². The van der Waals surface area contributed by atoms with Crippen molar-refractivity contribution < 1.29 is 9.53 Å². The highest BCUT2D eigenvalue weighted by Gasteiger charge is 2.05. The number of ether oxygens (including phenoxy) is 1. The number of likely N-dealkylation sites (N-methyl/N-ethyl adjacent to an activating group) is 1. The van der Waals surface area contributed by atoms with E-state index in [2.05, 4.69) is 39.7 Å². The molecule has 0 aromatic heterocycles. The Kier molecular flexibility index (Phi) is 14.6. The van der Waals surface area contributed by atoms with Crippen LogP contribution in [-0.4, -0.2) is 77.8 Å². The average molecular weight is 491 g/mol. The summed E-state index contributed by atoms with van der Waals surface area (Å²) in [6.45, 7) is 3.29. The predicted octanol–water partition coefficient (Wildman–Crippen LogP) is 1.79. The van der Waals surface area contributed by atoms with Crippen LogP contribution in [0.2, 0.25) is 0 Å². The Labute approximate surface area is 180 Å². The Balaban J connectivity index is 0.00000676. The molecule has 0 atom stereocenters. The second-order valence-corrected chi connectivity index (χ2v) is 6.26. The van der Waals surface area contributed by atoms with Gasteiger partial charge in [-0.25, -0.2) is 4.99 Å². The van der Waals surface area contributed by atoms with Gasteiger partial charge in [-0.2, -0.15) is 0 Å². The number of methoxy groups -OCH3 is 1. The maximum absolute atomic E-state index is 11.7. The van der Waals surface area contributed by atoms with Gasteiger partial charge >= 0.3 is 0 Å². The summed E-state index contributed by atoms with van der Waals surface area (Å²) in [6.07, 6.45) is 1.85. The second kappa shape index (κ2) is 15.5. The molecule has 2 N–H and O–H groups in total. The third-order valence-electron chi connectivity index (χ3n) is 3.85. The first kappa shape index (κ1) is 25.4. The molecular formula is C19H34IN5O2. The predicted molar refractivity (Wildman–Crippen MR) is 123 cm³/mol. The molecule has 1 aromatic rings. The minimum atomic E-state index is -0.0215. The molecule has 0 saturated heterocycles. The number of aliphatic imine (C=N–C) groups is 1. The van der Waals surface area contributed by atoms with E-state index < -0.39 is 0 Å². The van der Waals surface area contributed by atoms with Crippen LogP contribution in [0.25, 0.3) is 0 Å². The highest BCUT2D eigenvalue weighted by molar-refractivity contribution is 14.0. The fourth-order valence-corrected chi connectivity index (χ4v) is 2.22. The van der Waals surface area contributed by atoms with Gasteiger partial charge in [-0.1, -0.05) is 18.2 Å². The number of anilines is 1. The Hall–Kier alpha value is -1.55. The highest BCUT2D eigenvalue weighted by atomic mass is 127. The van der Waals surface area contributed by atoms with E-state index in [-0.39, 0.29) is 36.4 Å². The molecule has 0 aliphatic heterocycles. The van der Waals surface area contributed by atoms with Crippen molar-refractivity contribution in [3.8, 4) is 0 Å². The minimum absolute atomic E-state index is 0. The number of carbonyl (C=O) groups excluding carboxylic acids is 1. The molecule has 0 spiro atoms. The summed E-state index contributed by atoms with van der Waals surface area (Å²) in [5, 5.41) is 6.54.